The highest BCUT2D eigenvalue weighted by atomic mass is 16.4. The summed E-state index contributed by atoms with van der Waals surface area (Å²) in [6, 6.07) is 0. The maximum atomic E-state index is 5.57. The van der Waals surface area contributed by atoms with Crippen LogP contribution < -0.4 is 10.6 Å². The number of guanidine groups is 1. The van der Waals surface area contributed by atoms with Gasteiger partial charge in [0.25, 0.3) is 0 Å². The van der Waals surface area contributed by atoms with Crippen LogP contribution in [0.15, 0.2) is 9.41 Å². The molecule has 0 amide bonds. The van der Waals surface area contributed by atoms with Crippen LogP contribution in [-0.4, -0.2) is 73.6 Å². The first-order chi connectivity index (χ1) is 12.1. The third-order valence-electron chi connectivity index (χ3n) is 4.81. The van der Waals surface area contributed by atoms with Gasteiger partial charge < -0.3 is 24.9 Å². The van der Waals surface area contributed by atoms with Crippen LogP contribution in [0.1, 0.15) is 37.1 Å². The number of nitrogens with one attached hydrogen (secondary N) is 2. The molecule has 0 radical (unpaired) electrons. The minimum Gasteiger partial charge on any atom is -0.444 e. The number of rotatable bonds is 8. The lowest BCUT2D eigenvalue weighted by molar-refractivity contribution is 0.136. The molecule has 0 atom stereocenters. The van der Waals surface area contributed by atoms with Crippen molar-refractivity contribution in [2.24, 2.45) is 4.99 Å². The Kier molecular flexibility index (Phi) is 8.21. The summed E-state index contributed by atoms with van der Waals surface area (Å²) in [5, 5.41) is 6.60. The predicted molar refractivity (Wildman–Crippen MR) is 102 cm³/mol. The molecule has 1 aromatic heterocycles. The smallest absolute Gasteiger partial charge is 0.214 e. The molecule has 1 saturated heterocycles. The number of aliphatic imine (C=N–C) groups is 1. The third kappa shape index (κ3) is 6.66. The number of piperazine rings is 1. The van der Waals surface area contributed by atoms with Gasteiger partial charge in [-0.2, -0.15) is 0 Å². The van der Waals surface area contributed by atoms with Crippen molar-refractivity contribution in [1.82, 2.24) is 25.4 Å². The number of oxazole rings is 1. The highest BCUT2D eigenvalue weighted by molar-refractivity contribution is 5.79. The summed E-state index contributed by atoms with van der Waals surface area (Å²) in [7, 11) is 1.79. The van der Waals surface area contributed by atoms with Gasteiger partial charge in [0.15, 0.2) is 5.96 Å². The lowest BCUT2D eigenvalue weighted by Crippen LogP contribution is -2.46. The van der Waals surface area contributed by atoms with Gasteiger partial charge in [0, 0.05) is 39.8 Å². The molecule has 2 heterocycles. The van der Waals surface area contributed by atoms with E-state index in [2.05, 4.69) is 37.3 Å². The van der Waals surface area contributed by atoms with Crippen LogP contribution >= 0.6 is 0 Å². The van der Waals surface area contributed by atoms with Gasteiger partial charge >= 0.3 is 0 Å². The van der Waals surface area contributed by atoms with E-state index in [1.165, 1.54) is 45.7 Å². The first-order valence-electron chi connectivity index (χ1n) is 9.44. The largest absolute Gasteiger partial charge is 0.444 e. The number of likely N-dealkylation sites (N-methyl/N-ethyl adjacent to an activating group) is 1. The fraction of sp³-hybridized carbons (Fsp3) is 0.778. The second-order valence-corrected chi connectivity index (χ2v) is 6.58. The molecule has 1 aliphatic rings. The Hall–Kier alpha value is -1.60. The van der Waals surface area contributed by atoms with Crippen LogP contribution in [0.5, 0.6) is 0 Å². The summed E-state index contributed by atoms with van der Waals surface area (Å²) in [5.74, 6) is 2.37. The van der Waals surface area contributed by atoms with Crippen molar-refractivity contribution in [2.45, 2.75) is 40.2 Å². The highest BCUT2D eigenvalue weighted by Crippen LogP contribution is 2.07. The number of hydrogen-bond donors (Lipinski definition) is 2. The number of nitrogens with zero attached hydrogens (tertiary/aromatic N) is 4. The standard InChI is InChI=1S/C18H34N6O/c1-5-23-10-12-24(13-11-23)9-7-6-8-20-18(19-4)21-14-17-22-15(2)16(3)25-17/h5-14H2,1-4H3,(H2,19,20,21). The Morgan fingerprint density at radius 3 is 2.44 bits per heavy atom. The van der Waals surface area contributed by atoms with Crippen LogP contribution in [-0.2, 0) is 6.54 Å². The molecule has 142 valence electrons. The molecule has 1 aromatic rings. The first kappa shape index (κ1) is 19.7. The Balaban J connectivity index is 1.55. The number of unbranched alkanes of at least 4 members (excludes halogenated alkanes) is 1. The molecule has 0 unspecified atom stereocenters. The van der Waals surface area contributed by atoms with E-state index in [1.54, 1.807) is 7.05 Å². The van der Waals surface area contributed by atoms with Gasteiger partial charge in [0.05, 0.1) is 12.2 Å². The van der Waals surface area contributed by atoms with Crippen molar-refractivity contribution in [3.05, 3.63) is 17.3 Å². The molecule has 0 aliphatic carbocycles. The molecule has 1 fully saturated rings. The van der Waals surface area contributed by atoms with Crippen molar-refractivity contribution in [2.75, 3.05) is 52.9 Å². The van der Waals surface area contributed by atoms with E-state index in [-0.39, 0.29) is 0 Å². The van der Waals surface area contributed by atoms with Gasteiger partial charge in [-0.1, -0.05) is 6.92 Å². The molecule has 0 aromatic carbocycles. The summed E-state index contributed by atoms with van der Waals surface area (Å²) in [5.41, 5.74) is 0.944. The van der Waals surface area contributed by atoms with E-state index < -0.39 is 0 Å². The van der Waals surface area contributed by atoms with Crippen LogP contribution in [0.2, 0.25) is 0 Å². The average molecular weight is 351 g/mol. The first-order valence-corrected chi connectivity index (χ1v) is 9.44. The third-order valence-corrected chi connectivity index (χ3v) is 4.81. The molecular formula is C18H34N6O. The van der Waals surface area contributed by atoms with E-state index in [4.69, 9.17) is 4.42 Å². The summed E-state index contributed by atoms with van der Waals surface area (Å²) < 4.78 is 5.57. The zero-order valence-corrected chi connectivity index (χ0v) is 16.3. The minimum absolute atomic E-state index is 0.552. The molecule has 0 saturated carbocycles. The average Bonchev–Trinajstić information content (AvgIpc) is 2.95. The van der Waals surface area contributed by atoms with Crippen LogP contribution in [0.3, 0.4) is 0 Å². The van der Waals surface area contributed by atoms with E-state index in [9.17, 15) is 0 Å². The Labute approximate surface area is 151 Å². The van der Waals surface area contributed by atoms with Crippen LogP contribution in [0.4, 0.5) is 0 Å². The molecule has 1 aliphatic heterocycles. The van der Waals surface area contributed by atoms with Gasteiger partial charge in [-0.3, -0.25) is 4.99 Å². The molecule has 0 spiro atoms. The Morgan fingerprint density at radius 1 is 1.12 bits per heavy atom. The van der Waals surface area contributed by atoms with Crippen molar-refractivity contribution in [3.63, 3.8) is 0 Å². The molecule has 7 heteroatoms. The molecule has 2 N–H and O–H groups in total. The van der Waals surface area contributed by atoms with Crippen molar-refractivity contribution in [3.8, 4) is 0 Å². The van der Waals surface area contributed by atoms with E-state index in [1.807, 2.05) is 13.8 Å². The quantitative estimate of drug-likeness (QED) is 0.419. The lowest BCUT2D eigenvalue weighted by Gasteiger charge is -2.34. The number of aryl methyl sites for hydroxylation is 2. The zero-order chi connectivity index (χ0) is 18.1. The normalized spacial score (nSPS) is 17.0. The fourth-order valence-corrected chi connectivity index (χ4v) is 2.99. The fourth-order valence-electron chi connectivity index (χ4n) is 2.99. The van der Waals surface area contributed by atoms with E-state index >= 15 is 0 Å². The Morgan fingerprint density at radius 2 is 1.84 bits per heavy atom. The molecule has 7 nitrogen and oxygen atoms in total. The molecule has 2 rings (SSSR count). The van der Waals surface area contributed by atoms with Crippen molar-refractivity contribution < 1.29 is 4.42 Å². The predicted octanol–water partition coefficient (Wildman–Crippen LogP) is 1.37. The van der Waals surface area contributed by atoms with Gasteiger partial charge in [-0.25, -0.2) is 4.98 Å². The van der Waals surface area contributed by atoms with E-state index in [0.29, 0.717) is 12.4 Å². The number of hydrogen-bond acceptors (Lipinski definition) is 5. The summed E-state index contributed by atoms with van der Waals surface area (Å²) in [4.78, 5) is 13.7. The van der Waals surface area contributed by atoms with Crippen molar-refractivity contribution in [1.29, 1.82) is 0 Å². The second kappa shape index (κ2) is 10.4. The van der Waals surface area contributed by atoms with Crippen LogP contribution in [0.25, 0.3) is 0 Å². The zero-order valence-electron chi connectivity index (χ0n) is 16.3. The lowest BCUT2D eigenvalue weighted by atomic mass is 10.2. The van der Waals surface area contributed by atoms with Gasteiger partial charge in [0.1, 0.15) is 5.76 Å². The molecular weight excluding hydrogens is 316 g/mol. The minimum atomic E-state index is 0.552. The van der Waals surface area contributed by atoms with Gasteiger partial charge in [-0.05, 0) is 39.8 Å². The summed E-state index contributed by atoms with van der Waals surface area (Å²) >= 11 is 0. The van der Waals surface area contributed by atoms with Crippen LogP contribution in [0, 0.1) is 13.8 Å². The maximum absolute atomic E-state index is 5.57. The molecule has 25 heavy (non-hydrogen) atoms. The summed E-state index contributed by atoms with van der Waals surface area (Å²) in [6.07, 6.45) is 2.36. The van der Waals surface area contributed by atoms with Gasteiger partial charge in [-0.15, -0.1) is 0 Å². The highest BCUT2D eigenvalue weighted by Gasteiger charge is 2.14. The molecule has 0 bridgehead atoms. The monoisotopic (exact) mass is 350 g/mol. The number of aromatic nitrogens is 1. The van der Waals surface area contributed by atoms with E-state index in [0.717, 1.165) is 30.4 Å². The maximum Gasteiger partial charge on any atom is 0.214 e. The topological polar surface area (TPSA) is 68.9 Å². The second-order valence-electron chi connectivity index (χ2n) is 6.58. The van der Waals surface area contributed by atoms with Gasteiger partial charge in [0.2, 0.25) is 5.89 Å². The Bertz CT molecular complexity index is 514. The van der Waals surface area contributed by atoms with Crippen molar-refractivity contribution >= 4 is 5.96 Å². The SMILES string of the molecule is CCN1CCN(CCCCNC(=NC)NCc2nc(C)c(C)o2)CC1. The summed E-state index contributed by atoms with van der Waals surface area (Å²) in [6.45, 7) is 14.8.